The third-order valence-electron chi connectivity index (χ3n) is 5.84. The smallest absolute Gasteiger partial charge is 0.323 e. The molecule has 3 amide bonds. The summed E-state index contributed by atoms with van der Waals surface area (Å²) < 4.78 is 23.0. The van der Waals surface area contributed by atoms with Gasteiger partial charge in [-0.1, -0.05) is 19.3 Å². The fraction of sp³-hybridized carbons (Fsp3) is 0.875. The van der Waals surface area contributed by atoms with Crippen LogP contribution in [0.3, 0.4) is 0 Å². The van der Waals surface area contributed by atoms with Crippen molar-refractivity contribution < 1.29 is 18.0 Å². The molecule has 1 saturated carbocycles. The summed E-state index contributed by atoms with van der Waals surface area (Å²) >= 11 is 0. The standard InChI is InChI=1S/C16H26N2O4S/c1-16(13-5-3-2-4-6-13)14(19)18(15(20)17-16)11-12-7-9-23(21,22)10-8-12/h12-13H,2-11H2,1H3,(H,17,20)/t16-/m0/s1. The predicted molar refractivity (Wildman–Crippen MR) is 86.6 cm³/mol. The Kier molecular flexibility index (Phi) is 4.42. The third-order valence-corrected chi connectivity index (χ3v) is 7.55. The van der Waals surface area contributed by atoms with E-state index in [0.29, 0.717) is 19.4 Å². The van der Waals surface area contributed by atoms with E-state index in [1.54, 1.807) is 0 Å². The van der Waals surface area contributed by atoms with E-state index in [9.17, 15) is 18.0 Å². The Hall–Kier alpha value is -1.11. The molecule has 0 aromatic carbocycles. The van der Waals surface area contributed by atoms with Crippen LogP contribution in [-0.4, -0.2) is 48.8 Å². The summed E-state index contributed by atoms with van der Waals surface area (Å²) in [6.45, 7) is 2.21. The summed E-state index contributed by atoms with van der Waals surface area (Å²) in [5, 5.41) is 2.92. The van der Waals surface area contributed by atoms with E-state index in [-0.39, 0.29) is 35.3 Å². The lowest BCUT2D eigenvalue weighted by molar-refractivity contribution is -0.133. The molecule has 0 unspecified atom stereocenters. The number of carbonyl (C=O) groups is 2. The first kappa shape index (κ1) is 16.7. The zero-order chi connectivity index (χ0) is 16.7. The minimum absolute atomic E-state index is 0.0990. The van der Waals surface area contributed by atoms with Crippen LogP contribution < -0.4 is 5.32 Å². The van der Waals surface area contributed by atoms with Crippen molar-refractivity contribution in [1.29, 1.82) is 0 Å². The van der Waals surface area contributed by atoms with E-state index in [1.165, 1.54) is 11.3 Å². The van der Waals surface area contributed by atoms with Crippen molar-refractivity contribution >= 4 is 21.8 Å². The van der Waals surface area contributed by atoms with Crippen LogP contribution in [0.1, 0.15) is 51.9 Å². The Labute approximate surface area is 137 Å². The van der Waals surface area contributed by atoms with Crippen LogP contribution in [0.15, 0.2) is 0 Å². The summed E-state index contributed by atoms with van der Waals surface area (Å²) in [6, 6.07) is -0.309. The molecule has 1 N–H and O–H groups in total. The van der Waals surface area contributed by atoms with Gasteiger partial charge in [-0.2, -0.15) is 0 Å². The van der Waals surface area contributed by atoms with Crippen LogP contribution in [0.25, 0.3) is 0 Å². The van der Waals surface area contributed by atoms with Crippen LogP contribution >= 0.6 is 0 Å². The van der Waals surface area contributed by atoms with Crippen molar-refractivity contribution in [3.05, 3.63) is 0 Å². The molecule has 2 aliphatic heterocycles. The molecule has 0 radical (unpaired) electrons. The number of nitrogens with zero attached hydrogens (tertiary/aromatic N) is 1. The Morgan fingerprint density at radius 3 is 2.30 bits per heavy atom. The number of hydrogen-bond donors (Lipinski definition) is 1. The molecule has 3 aliphatic rings. The minimum Gasteiger partial charge on any atom is -0.323 e. The molecule has 3 rings (SSSR count). The Morgan fingerprint density at radius 1 is 1.09 bits per heavy atom. The lowest BCUT2D eigenvalue weighted by Crippen LogP contribution is -2.51. The number of nitrogens with one attached hydrogen (secondary N) is 1. The second-order valence-corrected chi connectivity index (χ2v) is 9.78. The van der Waals surface area contributed by atoms with Gasteiger partial charge in [0.05, 0.1) is 11.5 Å². The number of sulfone groups is 1. The quantitative estimate of drug-likeness (QED) is 0.791. The normalized spacial score (nSPS) is 33.0. The summed E-state index contributed by atoms with van der Waals surface area (Å²) in [5.41, 5.74) is -0.780. The zero-order valence-corrected chi connectivity index (χ0v) is 14.5. The second-order valence-electron chi connectivity index (χ2n) is 7.48. The van der Waals surface area contributed by atoms with Gasteiger partial charge in [-0.3, -0.25) is 9.69 Å². The molecule has 6 nitrogen and oxygen atoms in total. The lowest BCUT2D eigenvalue weighted by atomic mass is 9.75. The molecule has 0 aromatic rings. The van der Waals surface area contributed by atoms with Crippen LogP contribution in [0.5, 0.6) is 0 Å². The molecule has 1 atom stereocenters. The molecule has 3 fully saturated rings. The van der Waals surface area contributed by atoms with Crippen LogP contribution in [0.4, 0.5) is 4.79 Å². The maximum absolute atomic E-state index is 12.9. The van der Waals surface area contributed by atoms with Crippen molar-refractivity contribution in [1.82, 2.24) is 10.2 Å². The summed E-state index contributed by atoms with van der Waals surface area (Å²) in [5.74, 6) is 0.525. The molecule has 0 spiro atoms. The van der Waals surface area contributed by atoms with Gasteiger partial charge in [-0.05, 0) is 44.4 Å². The monoisotopic (exact) mass is 342 g/mol. The number of hydrogen-bond acceptors (Lipinski definition) is 4. The molecule has 130 valence electrons. The summed E-state index contributed by atoms with van der Waals surface area (Å²) in [4.78, 5) is 26.5. The zero-order valence-electron chi connectivity index (χ0n) is 13.7. The highest BCUT2D eigenvalue weighted by molar-refractivity contribution is 7.91. The maximum atomic E-state index is 12.9. The van der Waals surface area contributed by atoms with Crippen LogP contribution in [0, 0.1) is 11.8 Å². The molecule has 2 saturated heterocycles. The fourth-order valence-corrected chi connectivity index (χ4v) is 5.81. The lowest BCUT2D eigenvalue weighted by Gasteiger charge is -2.34. The Morgan fingerprint density at radius 2 is 1.70 bits per heavy atom. The number of urea groups is 1. The third kappa shape index (κ3) is 3.25. The van der Waals surface area contributed by atoms with E-state index >= 15 is 0 Å². The molecule has 0 bridgehead atoms. The van der Waals surface area contributed by atoms with Gasteiger partial charge >= 0.3 is 6.03 Å². The molecule has 0 aromatic heterocycles. The van der Waals surface area contributed by atoms with Crippen molar-refractivity contribution in [2.45, 2.75) is 57.4 Å². The van der Waals surface area contributed by atoms with Gasteiger partial charge in [-0.15, -0.1) is 0 Å². The van der Waals surface area contributed by atoms with Gasteiger partial charge < -0.3 is 5.32 Å². The predicted octanol–water partition coefficient (Wildman–Crippen LogP) is 1.70. The van der Waals surface area contributed by atoms with Crippen LogP contribution in [-0.2, 0) is 14.6 Å². The van der Waals surface area contributed by atoms with Crippen molar-refractivity contribution in [2.24, 2.45) is 11.8 Å². The Balaban J connectivity index is 1.67. The average Bonchev–Trinajstić information content (AvgIpc) is 2.74. The number of amides is 3. The van der Waals surface area contributed by atoms with E-state index in [2.05, 4.69) is 5.32 Å². The van der Waals surface area contributed by atoms with Gasteiger partial charge in [0.2, 0.25) is 0 Å². The molecular formula is C16H26N2O4S. The molecule has 23 heavy (non-hydrogen) atoms. The summed E-state index contributed by atoms with van der Waals surface area (Å²) in [7, 11) is -2.92. The first-order chi connectivity index (χ1) is 10.8. The molecular weight excluding hydrogens is 316 g/mol. The van der Waals surface area contributed by atoms with Gasteiger partial charge in [0.15, 0.2) is 0 Å². The van der Waals surface area contributed by atoms with E-state index in [4.69, 9.17) is 0 Å². The van der Waals surface area contributed by atoms with Gasteiger partial charge in [0, 0.05) is 6.54 Å². The van der Waals surface area contributed by atoms with E-state index in [1.807, 2.05) is 6.92 Å². The van der Waals surface area contributed by atoms with E-state index in [0.717, 1.165) is 25.7 Å². The minimum atomic E-state index is -2.92. The highest BCUT2D eigenvalue weighted by Gasteiger charge is 2.52. The largest absolute Gasteiger partial charge is 0.325 e. The number of carbonyl (C=O) groups excluding carboxylic acids is 2. The van der Waals surface area contributed by atoms with Gasteiger partial charge in [-0.25, -0.2) is 13.2 Å². The fourth-order valence-electron chi connectivity index (χ4n) is 4.22. The van der Waals surface area contributed by atoms with Crippen molar-refractivity contribution in [3.63, 3.8) is 0 Å². The average molecular weight is 342 g/mol. The SMILES string of the molecule is C[C@@]1(C2CCCCC2)NC(=O)N(CC2CCS(=O)(=O)CC2)C1=O. The van der Waals surface area contributed by atoms with Gasteiger partial charge in [0.1, 0.15) is 15.4 Å². The van der Waals surface area contributed by atoms with Gasteiger partial charge in [0.25, 0.3) is 5.91 Å². The number of rotatable bonds is 3. The molecule has 2 heterocycles. The van der Waals surface area contributed by atoms with E-state index < -0.39 is 15.4 Å². The first-order valence-electron chi connectivity index (χ1n) is 8.66. The molecule has 7 heteroatoms. The highest BCUT2D eigenvalue weighted by Crippen LogP contribution is 2.37. The second kappa shape index (κ2) is 6.07. The summed E-state index contributed by atoms with van der Waals surface area (Å²) in [6.07, 6.45) is 6.48. The highest BCUT2D eigenvalue weighted by atomic mass is 32.2. The Bertz CT molecular complexity index is 583. The van der Waals surface area contributed by atoms with Crippen molar-refractivity contribution in [2.75, 3.05) is 18.1 Å². The van der Waals surface area contributed by atoms with Crippen molar-refractivity contribution in [3.8, 4) is 0 Å². The number of imide groups is 1. The molecule has 1 aliphatic carbocycles. The van der Waals surface area contributed by atoms with Crippen LogP contribution in [0.2, 0.25) is 0 Å². The first-order valence-corrected chi connectivity index (χ1v) is 10.5. The topological polar surface area (TPSA) is 83.6 Å². The maximum Gasteiger partial charge on any atom is 0.325 e.